The van der Waals surface area contributed by atoms with Crippen LogP contribution < -0.4 is 18.9 Å². The Morgan fingerprint density at radius 1 is 0.629 bits per heavy atom. The second-order valence-corrected chi connectivity index (χ2v) is 6.45. The van der Waals surface area contributed by atoms with Crippen molar-refractivity contribution in [1.29, 1.82) is 0 Å². The maximum absolute atomic E-state index is 12.3. The molecule has 0 saturated heterocycles. The van der Waals surface area contributed by atoms with Crippen LogP contribution in [-0.4, -0.2) is 39.4 Å². The molecule has 0 amide bonds. The number of esters is 2. The lowest BCUT2D eigenvalue weighted by molar-refractivity contribution is -0.385. The number of ether oxygens (including phenoxy) is 4. The van der Waals surface area contributed by atoms with Crippen LogP contribution in [0.5, 0.6) is 23.0 Å². The topological polar surface area (TPSA) is 189 Å². The first-order chi connectivity index (χ1) is 16.6. The minimum absolute atomic E-state index is 0.0104. The lowest BCUT2D eigenvalue weighted by atomic mass is 10.2. The average molecular weight is 483 g/mol. The van der Waals surface area contributed by atoms with Crippen LogP contribution in [0.1, 0.15) is 20.7 Å². The lowest BCUT2D eigenvalue weighted by Crippen LogP contribution is -2.11. The van der Waals surface area contributed by atoms with E-state index in [4.69, 9.17) is 19.7 Å². The molecule has 0 aromatic heterocycles. The molecular weight excluding hydrogens is 470 g/mol. The van der Waals surface area contributed by atoms with Crippen molar-refractivity contribution in [3.8, 4) is 23.0 Å². The number of nitro benzene ring substituents is 1. The van der Waals surface area contributed by atoms with Crippen LogP contribution in [0.25, 0.3) is 0 Å². The highest BCUT2D eigenvalue weighted by molar-refractivity contribution is 5.92. The molecule has 0 saturated carbocycles. The van der Waals surface area contributed by atoms with Gasteiger partial charge in [-0.1, -0.05) is 0 Å². The molecule has 0 aliphatic heterocycles. The van der Waals surface area contributed by atoms with E-state index in [0.29, 0.717) is 0 Å². The number of carbonyl (C=O) groups excluding carboxylic acids is 2. The number of nitrogens with zero attached hydrogens (tertiary/aromatic N) is 1. The van der Waals surface area contributed by atoms with Crippen LogP contribution in [0.15, 0.2) is 66.7 Å². The van der Waals surface area contributed by atoms with Gasteiger partial charge in [0.05, 0.1) is 22.1 Å². The summed E-state index contributed by atoms with van der Waals surface area (Å²) in [5, 5.41) is 28.6. The molecule has 13 heteroatoms. The molecule has 0 unspecified atom stereocenters. The van der Waals surface area contributed by atoms with Gasteiger partial charge < -0.3 is 29.2 Å². The minimum atomic E-state index is -1.54. The SMILES string of the molecule is O=C(O)Oc1ccc(C(=O)Oc2ccc(OC(=O)c3ccc(OC(=O)O)cc3)c([N+](=O)[O-])c2)cc1. The Morgan fingerprint density at radius 3 is 1.49 bits per heavy atom. The number of rotatable bonds is 7. The maximum atomic E-state index is 12.3. The predicted octanol–water partition coefficient (Wildman–Crippen LogP) is 4.15. The van der Waals surface area contributed by atoms with Crippen molar-refractivity contribution in [2.45, 2.75) is 0 Å². The summed E-state index contributed by atoms with van der Waals surface area (Å²) in [5.41, 5.74) is -0.696. The molecule has 3 aromatic carbocycles. The molecule has 35 heavy (non-hydrogen) atoms. The van der Waals surface area contributed by atoms with Crippen molar-refractivity contribution in [3.63, 3.8) is 0 Å². The van der Waals surface area contributed by atoms with E-state index >= 15 is 0 Å². The van der Waals surface area contributed by atoms with Crippen LogP contribution >= 0.6 is 0 Å². The van der Waals surface area contributed by atoms with Gasteiger partial charge >= 0.3 is 29.9 Å². The third-order valence-corrected chi connectivity index (χ3v) is 4.13. The zero-order chi connectivity index (χ0) is 25.5. The third-order valence-electron chi connectivity index (χ3n) is 4.13. The molecule has 0 aliphatic carbocycles. The van der Waals surface area contributed by atoms with E-state index < -0.39 is 40.6 Å². The summed E-state index contributed by atoms with van der Waals surface area (Å²) >= 11 is 0. The first kappa shape index (κ1) is 24.2. The van der Waals surface area contributed by atoms with E-state index in [9.17, 15) is 29.3 Å². The number of hydrogen-bond donors (Lipinski definition) is 2. The Labute approximate surface area is 194 Å². The van der Waals surface area contributed by atoms with E-state index in [-0.39, 0.29) is 28.4 Å². The second-order valence-electron chi connectivity index (χ2n) is 6.45. The molecule has 0 aliphatic rings. The van der Waals surface area contributed by atoms with Crippen molar-refractivity contribution in [2.75, 3.05) is 0 Å². The highest BCUT2D eigenvalue weighted by Crippen LogP contribution is 2.32. The number of carboxylic acid groups (broad SMARTS) is 2. The summed E-state index contributed by atoms with van der Waals surface area (Å²) in [6.45, 7) is 0. The summed E-state index contributed by atoms with van der Waals surface area (Å²) in [6.07, 6.45) is -3.07. The fraction of sp³-hybridized carbons (Fsp3) is 0. The first-order valence-corrected chi connectivity index (χ1v) is 9.37. The standard InChI is InChI=1S/C22H13NO12/c24-19(12-1-5-14(6-2-12)33-21(26)27)32-16-9-10-18(17(11-16)23(30)31)35-20(25)13-3-7-15(8-4-13)34-22(28)29/h1-11H,(H,26,27)(H,28,29). The molecule has 0 heterocycles. The van der Waals surface area contributed by atoms with Crippen LogP contribution in [0.3, 0.4) is 0 Å². The van der Waals surface area contributed by atoms with E-state index in [2.05, 4.69) is 9.47 Å². The quantitative estimate of drug-likeness (QED) is 0.161. The average Bonchev–Trinajstić information content (AvgIpc) is 2.80. The van der Waals surface area contributed by atoms with Gasteiger partial charge in [-0.3, -0.25) is 10.1 Å². The van der Waals surface area contributed by atoms with Gasteiger partial charge in [-0.2, -0.15) is 0 Å². The highest BCUT2D eigenvalue weighted by atomic mass is 16.7. The fourth-order valence-electron chi connectivity index (χ4n) is 2.63. The second kappa shape index (κ2) is 10.4. The summed E-state index contributed by atoms with van der Waals surface area (Å²) in [4.78, 5) is 56.3. The van der Waals surface area contributed by atoms with E-state index in [1.54, 1.807) is 0 Å². The zero-order valence-electron chi connectivity index (χ0n) is 17.3. The molecular formula is C22H13NO12. The summed E-state index contributed by atoms with van der Waals surface area (Å²) < 4.78 is 19.0. The maximum Gasteiger partial charge on any atom is 0.511 e. The summed E-state index contributed by atoms with van der Waals surface area (Å²) in [6, 6.07) is 12.8. The first-order valence-electron chi connectivity index (χ1n) is 9.37. The predicted molar refractivity (Wildman–Crippen MR) is 113 cm³/mol. The molecule has 0 radical (unpaired) electrons. The molecule has 0 spiro atoms. The van der Waals surface area contributed by atoms with Gasteiger partial charge in [0.2, 0.25) is 5.75 Å². The van der Waals surface area contributed by atoms with Crippen LogP contribution in [0, 0.1) is 10.1 Å². The van der Waals surface area contributed by atoms with Gasteiger partial charge in [0.15, 0.2) is 0 Å². The fourth-order valence-corrected chi connectivity index (χ4v) is 2.63. The van der Waals surface area contributed by atoms with Crippen LogP contribution in [-0.2, 0) is 0 Å². The number of carbonyl (C=O) groups is 4. The molecule has 13 nitrogen and oxygen atoms in total. The van der Waals surface area contributed by atoms with Gasteiger partial charge in [0.1, 0.15) is 17.2 Å². The van der Waals surface area contributed by atoms with Crippen LogP contribution in [0.2, 0.25) is 0 Å². The van der Waals surface area contributed by atoms with E-state index in [0.717, 1.165) is 12.1 Å². The Balaban J connectivity index is 1.73. The zero-order valence-corrected chi connectivity index (χ0v) is 17.3. The van der Waals surface area contributed by atoms with Crippen molar-refractivity contribution < 1.29 is 53.3 Å². The molecule has 3 rings (SSSR count). The van der Waals surface area contributed by atoms with Crippen molar-refractivity contribution in [2.24, 2.45) is 0 Å². The molecule has 0 atom stereocenters. The van der Waals surface area contributed by atoms with Gasteiger partial charge in [-0.15, -0.1) is 0 Å². The largest absolute Gasteiger partial charge is 0.511 e. The van der Waals surface area contributed by atoms with Crippen molar-refractivity contribution in [3.05, 3.63) is 88.0 Å². The molecule has 0 bridgehead atoms. The van der Waals surface area contributed by atoms with Crippen LogP contribution in [0.4, 0.5) is 15.3 Å². The Morgan fingerprint density at radius 2 is 1.06 bits per heavy atom. The third kappa shape index (κ3) is 6.52. The van der Waals surface area contributed by atoms with E-state index in [1.165, 1.54) is 54.6 Å². The molecule has 0 fully saturated rings. The number of nitro groups is 1. The van der Waals surface area contributed by atoms with Crippen molar-refractivity contribution >= 4 is 29.9 Å². The Kier molecular flexibility index (Phi) is 7.21. The highest BCUT2D eigenvalue weighted by Gasteiger charge is 2.22. The smallest absolute Gasteiger partial charge is 0.449 e. The van der Waals surface area contributed by atoms with E-state index in [1.807, 2.05) is 0 Å². The Hall–Kier alpha value is -5.46. The van der Waals surface area contributed by atoms with Gasteiger partial charge in [0.25, 0.3) is 0 Å². The Bertz CT molecular complexity index is 1300. The molecule has 2 N–H and O–H groups in total. The number of hydrogen-bond acceptors (Lipinski definition) is 10. The minimum Gasteiger partial charge on any atom is -0.449 e. The summed E-state index contributed by atoms with van der Waals surface area (Å²) in [7, 11) is 0. The molecule has 178 valence electrons. The van der Waals surface area contributed by atoms with Gasteiger partial charge in [-0.05, 0) is 60.7 Å². The van der Waals surface area contributed by atoms with Gasteiger partial charge in [-0.25, -0.2) is 19.2 Å². The van der Waals surface area contributed by atoms with Gasteiger partial charge in [0, 0.05) is 0 Å². The van der Waals surface area contributed by atoms with Crippen molar-refractivity contribution in [1.82, 2.24) is 0 Å². The number of benzene rings is 3. The summed E-state index contributed by atoms with van der Waals surface area (Å²) in [5.74, 6) is -2.59. The lowest BCUT2D eigenvalue weighted by Gasteiger charge is -2.08. The monoisotopic (exact) mass is 483 g/mol. The molecule has 3 aromatic rings. The normalized spacial score (nSPS) is 10.1.